The van der Waals surface area contributed by atoms with Gasteiger partial charge < -0.3 is 14.0 Å². The van der Waals surface area contributed by atoms with Gasteiger partial charge in [-0.25, -0.2) is 0 Å². The van der Waals surface area contributed by atoms with E-state index in [2.05, 4.69) is 0 Å². The van der Waals surface area contributed by atoms with E-state index in [1.165, 1.54) is 6.92 Å². The first kappa shape index (κ1) is 22.9. The summed E-state index contributed by atoms with van der Waals surface area (Å²) in [5.41, 5.74) is 3.95. The van der Waals surface area contributed by atoms with Gasteiger partial charge in [-0.3, -0.25) is 14.9 Å². The maximum absolute atomic E-state index is 12.5. The molecular formula is C27H24N2O5. The number of aromatic nitrogens is 1. The molecule has 0 unspecified atom stereocenters. The van der Waals surface area contributed by atoms with Crippen molar-refractivity contribution in [3.63, 3.8) is 0 Å². The van der Waals surface area contributed by atoms with Crippen LogP contribution in [0.5, 0.6) is 0 Å². The lowest BCUT2D eigenvalue weighted by Gasteiger charge is -2.14. The monoisotopic (exact) mass is 456 g/mol. The molecule has 0 aliphatic heterocycles. The Bertz CT molecular complexity index is 1270. The van der Waals surface area contributed by atoms with E-state index >= 15 is 0 Å². The van der Waals surface area contributed by atoms with Crippen molar-refractivity contribution in [2.24, 2.45) is 0 Å². The number of hydrogen-bond donors (Lipinski definition) is 0. The van der Waals surface area contributed by atoms with Crippen LogP contribution in [0.25, 0.3) is 33.6 Å². The van der Waals surface area contributed by atoms with Crippen LogP contribution in [0.2, 0.25) is 0 Å². The summed E-state index contributed by atoms with van der Waals surface area (Å²) in [7, 11) is 0. The van der Waals surface area contributed by atoms with Crippen LogP contribution in [-0.2, 0) is 21.0 Å². The van der Waals surface area contributed by atoms with E-state index in [1.54, 1.807) is 0 Å². The van der Waals surface area contributed by atoms with E-state index in [4.69, 9.17) is 9.47 Å². The van der Waals surface area contributed by atoms with Gasteiger partial charge in [-0.15, -0.1) is 0 Å². The van der Waals surface area contributed by atoms with Crippen LogP contribution in [0.1, 0.15) is 6.92 Å². The average molecular weight is 456 g/mol. The average Bonchev–Trinajstić information content (AvgIpc) is 3.20. The number of ether oxygens (including phenoxy) is 2. The highest BCUT2D eigenvalue weighted by molar-refractivity contribution is 5.96. The lowest BCUT2D eigenvalue weighted by atomic mass is 9.99. The molecule has 0 radical (unpaired) electrons. The zero-order chi connectivity index (χ0) is 23.9. The second kappa shape index (κ2) is 10.6. The zero-order valence-electron chi connectivity index (χ0n) is 18.7. The van der Waals surface area contributed by atoms with E-state index in [0.29, 0.717) is 22.5 Å². The Morgan fingerprint density at radius 1 is 0.794 bits per heavy atom. The minimum Gasteiger partial charge on any atom is -0.463 e. The Labute approximate surface area is 197 Å². The molecule has 0 saturated carbocycles. The predicted octanol–water partition coefficient (Wildman–Crippen LogP) is 5.93. The Kier molecular flexibility index (Phi) is 7.15. The molecule has 0 spiro atoms. The Morgan fingerprint density at radius 3 is 1.79 bits per heavy atom. The number of carbonyl (C=O) groups excluding carboxylic acids is 1. The van der Waals surface area contributed by atoms with Crippen molar-refractivity contribution >= 4 is 11.7 Å². The molecule has 34 heavy (non-hydrogen) atoms. The molecule has 1 aromatic heterocycles. The van der Waals surface area contributed by atoms with Crippen molar-refractivity contribution < 1.29 is 19.2 Å². The highest BCUT2D eigenvalue weighted by Crippen LogP contribution is 2.47. The molecule has 0 fully saturated rings. The van der Waals surface area contributed by atoms with Gasteiger partial charge in [-0.05, 0) is 11.1 Å². The largest absolute Gasteiger partial charge is 0.463 e. The molecular weight excluding hydrogens is 432 g/mol. The Hall–Kier alpha value is -4.23. The number of nitro groups is 1. The highest BCUT2D eigenvalue weighted by Gasteiger charge is 2.33. The summed E-state index contributed by atoms with van der Waals surface area (Å²) in [4.78, 5) is 23.3. The van der Waals surface area contributed by atoms with Crippen molar-refractivity contribution in [3.05, 3.63) is 101 Å². The van der Waals surface area contributed by atoms with Gasteiger partial charge >= 0.3 is 11.7 Å². The van der Waals surface area contributed by atoms with E-state index in [0.717, 1.165) is 11.1 Å². The fraction of sp³-hybridized carbons (Fsp3) is 0.148. The summed E-state index contributed by atoms with van der Waals surface area (Å²) in [5.74, 6) is -0.387. The van der Waals surface area contributed by atoms with E-state index in [9.17, 15) is 14.9 Å². The van der Waals surface area contributed by atoms with Crippen LogP contribution in [0, 0.1) is 10.1 Å². The molecule has 0 bridgehead atoms. The first-order chi connectivity index (χ1) is 16.6. The molecule has 7 nitrogen and oxygen atoms in total. The van der Waals surface area contributed by atoms with E-state index in [-0.39, 0.29) is 36.5 Å². The summed E-state index contributed by atoms with van der Waals surface area (Å²) in [5, 5.41) is 12.5. The maximum Gasteiger partial charge on any atom is 0.303 e. The van der Waals surface area contributed by atoms with Gasteiger partial charge in [0.25, 0.3) is 0 Å². The topological polar surface area (TPSA) is 83.6 Å². The summed E-state index contributed by atoms with van der Waals surface area (Å²) in [6.07, 6.45) is 0. The van der Waals surface area contributed by atoms with Crippen molar-refractivity contribution in [2.75, 3.05) is 13.2 Å². The number of hydrogen-bond acceptors (Lipinski definition) is 5. The fourth-order valence-electron chi connectivity index (χ4n) is 3.98. The summed E-state index contributed by atoms with van der Waals surface area (Å²) in [6.45, 7) is 1.64. The first-order valence-electron chi connectivity index (χ1n) is 10.9. The quantitative estimate of drug-likeness (QED) is 0.135. The molecule has 0 aliphatic rings. The van der Waals surface area contributed by atoms with Gasteiger partial charge in [0.05, 0.1) is 22.8 Å². The Balaban J connectivity index is 1.96. The van der Waals surface area contributed by atoms with E-state index in [1.807, 2.05) is 95.6 Å². The van der Waals surface area contributed by atoms with Crippen molar-refractivity contribution in [3.8, 4) is 33.6 Å². The third kappa shape index (κ3) is 4.89. The molecule has 0 atom stereocenters. The number of benzene rings is 3. The minimum absolute atomic E-state index is 0.0137. The molecule has 0 N–H and O–H groups in total. The third-order valence-corrected chi connectivity index (χ3v) is 5.33. The summed E-state index contributed by atoms with van der Waals surface area (Å²) in [6, 6.07) is 28.2. The molecule has 7 heteroatoms. The van der Waals surface area contributed by atoms with Gasteiger partial charge in [0, 0.05) is 12.5 Å². The smallest absolute Gasteiger partial charge is 0.303 e. The van der Waals surface area contributed by atoms with Crippen LogP contribution in [0.15, 0.2) is 91.0 Å². The summed E-state index contributed by atoms with van der Waals surface area (Å²) >= 11 is 0. The predicted molar refractivity (Wildman–Crippen MR) is 130 cm³/mol. The van der Waals surface area contributed by atoms with Crippen LogP contribution < -0.4 is 0 Å². The van der Waals surface area contributed by atoms with Gasteiger partial charge in [0.15, 0.2) is 0 Å². The van der Waals surface area contributed by atoms with Crippen molar-refractivity contribution in [2.45, 2.75) is 13.7 Å². The maximum atomic E-state index is 12.5. The van der Waals surface area contributed by atoms with Gasteiger partial charge in [-0.2, -0.15) is 0 Å². The third-order valence-electron chi connectivity index (χ3n) is 5.33. The standard InChI is InChI=1S/C27H24N2O5/c1-20(30)34-18-17-33-19-28-25(22-13-7-3-8-14-22)24(21-11-5-2-6-12-21)27(29(31)32)26(28)23-15-9-4-10-16-23/h2-16H,17-19H2,1H3. The minimum atomic E-state index is -0.387. The lowest BCUT2D eigenvalue weighted by Crippen LogP contribution is -2.12. The first-order valence-corrected chi connectivity index (χ1v) is 10.9. The SMILES string of the molecule is CC(=O)OCCOCn1c(-c2ccccc2)c(-c2ccccc2)c([N+](=O)[O-])c1-c1ccccc1. The zero-order valence-corrected chi connectivity index (χ0v) is 18.7. The van der Waals surface area contributed by atoms with Crippen molar-refractivity contribution in [1.82, 2.24) is 4.57 Å². The normalized spacial score (nSPS) is 10.7. The molecule has 3 aromatic carbocycles. The van der Waals surface area contributed by atoms with Gasteiger partial charge in [0.1, 0.15) is 19.0 Å². The van der Waals surface area contributed by atoms with Crippen LogP contribution in [-0.4, -0.2) is 28.7 Å². The Morgan fingerprint density at radius 2 is 1.29 bits per heavy atom. The van der Waals surface area contributed by atoms with Crippen molar-refractivity contribution in [1.29, 1.82) is 0 Å². The molecule has 0 amide bonds. The van der Waals surface area contributed by atoms with Gasteiger partial charge in [-0.1, -0.05) is 91.0 Å². The molecule has 4 rings (SSSR count). The highest BCUT2D eigenvalue weighted by atomic mass is 16.6. The fourth-order valence-corrected chi connectivity index (χ4v) is 3.98. The molecule has 172 valence electrons. The second-order valence-electron chi connectivity index (χ2n) is 7.58. The molecule has 1 heterocycles. The summed E-state index contributed by atoms with van der Waals surface area (Å²) < 4.78 is 12.6. The number of carbonyl (C=O) groups is 1. The lowest BCUT2D eigenvalue weighted by molar-refractivity contribution is -0.383. The van der Waals surface area contributed by atoms with Crippen LogP contribution in [0.4, 0.5) is 5.69 Å². The van der Waals surface area contributed by atoms with Crippen LogP contribution in [0.3, 0.4) is 0 Å². The molecule has 0 saturated heterocycles. The number of nitrogens with zero attached hydrogens (tertiary/aromatic N) is 2. The second-order valence-corrected chi connectivity index (χ2v) is 7.58. The van der Waals surface area contributed by atoms with Crippen LogP contribution >= 0.6 is 0 Å². The van der Waals surface area contributed by atoms with Gasteiger partial charge in [0.2, 0.25) is 0 Å². The number of rotatable bonds is 9. The number of esters is 1. The molecule has 0 aliphatic carbocycles. The van der Waals surface area contributed by atoms with E-state index < -0.39 is 0 Å². The molecule has 4 aromatic rings.